The van der Waals surface area contributed by atoms with E-state index in [0.717, 1.165) is 17.7 Å². The van der Waals surface area contributed by atoms with Crippen LogP contribution in [0.4, 0.5) is 0 Å². The van der Waals surface area contributed by atoms with Crippen LogP contribution in [0, 0.1) is 17.8 Å². The van der Waals surface area contributed by atoms with Crippen molar-refractivity contribution in [3.8, 4) is 17.6 Å². The fraction of sp³-hybridized carbons (Fsp3) is 0.250. The molecule has 76 valence electrons. The van der Waals surface area contributed by atoms with Gasteiger partial charge < -0.3 is 9.84 Å². The molecule has 0 spiro atoms. The number of aliphatic carboxylic acids is 1. The van der Waals surface area contributed by atoms with Gasteiger partial charge in [0.25, 0.3) is 0 Å². The first-order valence-corrected chi connectivity index (χ1v) is 4.71. The van der Waals surface area contributed by atoms with E-state index in [-0.39, 0.29) is 5.92 Å². The van der Waals surface area contributed by atoms with Crippen LogP contribution in [-0.2, 0) is 11.2 Å². The molecule has 3 nitrogen and oxygen atoms in total. The minimum Gasteiger partial charge on any atom is -0.492 e. The second kappa shape index (κ2) is 4.05. The van der Waals surface area contributed by atoms with Crippen molar-refractivity contribution < 1.29 is 14.6 Å². The van der Waals surface area contributed by atoms with Gasteiger partial charge in [0.2, 0.25) is 0 Å². The van der Waals surface area contributed by atoms with Crippen molar-refractivity contribution in [3.63, 3.8) is 0 Å². The highest BCUT2D eigenvalue weighted by Crippen LogP contribution is 2.26. The van der Waals surface area contributed by atoms with Gasteiger partial charge in [-0.25, -0.2) is 4.79 Å². The van der Waals surface area contributed by atoms with E-state index in [1.807, 2.05) is 24.3 Å². The number of rotatable bonds is 0. The Morgan fingerprint density at radius 2 is 2.27 bits per heavy atom. The van der Waals surface area contributed by atoms with Crippen molar-refractivity contribution in [1.29, 1.82) is 0 Å². The number of benzene rings is 1. The van der Waals surface area contributed by atoms with Crippen LogP contribution >= 0.6 is 0 Å². The third kappa shape index (κ3) is 2.29. The first-order chi connectivity index (χ1) is 7.25. The Morgan fingerprint density at radius 1 is 1.47 bits per heavy atom. The minimum atomic E-state index is -1.09. The Bertz CT molecular complexity index is 440. The fourth-order valence-electron chi connectivity index (χ4n) is 1.58. The molecule has 15 heavy (non-hydrogen) atoms. The molecular formula is C12H10O3. The summed E-state index contributed by atoms with van der Waals surface area (Å²) in [6.07, 6.45) is 0.760. The van der Waals surface area contributed by atoms with E-state index in [4.69, 9.17) is 9.84 Å². The molecule has 1 heterocycles. The summed E-state index contributed by atoms with van der Waals surface area (Å²) in [5, 5.41) is 8.42. The summed E-state index contributed by atoms with van der Waals surface area (Å²) in [5.74, 6) is 4.59. The van der Waals surface area contributed by atoms with Crippen LogP contribution in [0.3, 0.4) is 0 Å². The summed E-state index contributed by atoms with van der Waals surface area (Å²) >= 11 is 0. The van der Waals surface area contributed by atoms with Crippen LogP contribution < -0.4 is 4.74 Å². The molecule has 1 aromatic rings. The number of carboxylic acid groups (broad SMARTS) is 1. The van der Waals surface area contributed by atoms with E-state index in [0.29, 0.717) is 6.61 Å². The van der Waals surface area contributed by atoms with Crippen molar-refractivity contribution in [2.75, 3.05) is 6.61 Å². The molecule has 1 atom stereocenters. The maximum absolute atomic E-state index is 10.3. The zero-order valence-electron chi connectivity index (χ0n) is 8.06. The molecule has 0 aromatic heterocycles. The fourth-order valence-corrected chi connectivity index (χ4v) is 1.58. The van der Waals surface area contributed by atoms with Gasteiger partial charge in [0.1, 0.15) is 12.4 Å². The van der Waals surface area contributed by atoms with E-state index < -0.39 is 5.97 Å². The van der Waals surface area contributed by atoms with Gasteiger partial charge in [-0.05, 0) is 18.1 Å². The quantitative estimate of drug-likeness (QED) is 0.645. The van der Waals surface area contributed by atoms with E-state index in [2.05, 4.69) is 11.8 Å². The molecule has 0 aliphatic carbocycles. The minimum absolute atomic E-state index is 0.0176. The van der Waals surface area contributed by atoms with Crippen molar-refractivity contribution in [1.82, 2.24) is 0 Å². The predicted octanol–water partition coefficient (Wildman–Crippen LogP) is 1.33. The standard InChI is InChI=1S/C12H10O3/c13-12(14)6-5-9-7-10-3-1-2-4-11(10)15-8-9/h1-4,9H,7-8H2,(H,13,14). The van der Waals surface area contributed by atoms with Crippen LogP contribution in [0.25, 0.3) is 0 Å². The van der Waals surface area contributed by atoms with Crippen LogP contribution in [0.5, 0.6) is 5.75 Å². The molecule has 1 aliphatic rings. The Labute approximate surface area is 87.7 Å². The van der Waals surface area contributed by atoms with Crippen molar-refractivity contribution in [3.05, 3.63) is 29.8 Å². The average Bonchev–Trinajstić information content (AvgIpc) is 2.26. The van der Waals surface area contributed by atoms with Gasteiger partial charge in [0, 0.05) is 5.92 Å². The summed E-state index contributed by atoms with van der Waals surface area (Å²) in [6, 6.07) is 7.75. The van der Waals surface area contributed by atoms with Crippen LogP contribution in [0.15, 0.2) is 24.3 Å². The molecule has 0 fully saturated rings. The maximum atomic E-state index is 10.3. The van der Waals surface area contributed by atoms with Crippen LogP contribution in [0.2, 0.25) is 0 Å². The lowest BCUT2D eigenvalue weighted by Gasteiger charge is -2.21. The third-order valence-electron chi connectivity index (χ3n) is 2.26. The third-order valence-corrected chi connectivity index (χ3v) is 2.26. The normalized spacial score (nSPS) is 18.0. The lowest BCUT2D eigenvalue weighted by molar-refractivity contribution is -0.130. The average molecular weight is 202 g/mol. The Hall–Kier alpha value is -1.95. The van der Waals surface area contributed by atoms with Gasteiger partial charge in [0.05, 0.1) is 5.92 Å². The number of ether oxygens (including phenoxy) is 1. The highest BCUT2D eigenvalue weighted by Gasteiger charge is 2.17. The zero-order chi connectivity index (χ0) is 10.7. The first-order valence-electron chi connectivity index (χ1n) is 4.71. The molecule has 3 heteroatoms. The number of carbonyl (C=O) groups is 1. The van der Waals surface area contributed by atoms with Gasteiger partial charge in [-0.3, -0.25) is 0 Å². The second-order valence-electron chi connectivity index (χ2n) is 3.39. The second-order valence-corrected chi connectivity index (χ2v) is 3.39. The molecule has 1 aliphatic heterocycles. The summed E-state index contributed by atoms with van der Waals surface area (Å²) < 4.78 is 5.47. The van der Waals surface area contributed by atoms with E-state index in [1.165, 1.54) is 0 Å². The lowest BCUT2D eigenvalue weighted by atomic mass is 9.97. The summed E-state index contributed by atoms with van der Waals surface area (Å²) in [4.78, 5) is 10.3. The maximum Gasteiger partial charge on any atom is 0.381 e. The number of hydrogen-bond acceptors (Lipinski definition) is 2. The topological polar surface area (TPSA) is 46.5 Å². The number of para-hydroxylation sites is 1. The summed E-state index contributed by atoms with van der Waals surface area (Å²) in [7, 11) is 0. The highest BCUT2D eigenvalue weighted by atomic mass is 16.5. The molecular weight excluding hydrogens is 192 g/mol. The Balaban J connectivity index is 2.13. The monoisotopic (exact) mass is 202 g/mol. The Morgan fingerprint density at radius 3 is 3.07 bits per heavy atom. The molecule has 0 amide bonds. The molecule has 0 radical (unpaired) electrons. The van der Waals surface area contributed by atoms with Crippen LogP contribution in [0.1, 0.15) is 5.56 Å². The summed E-state index contributed by atoms with van der Waals surface area (Å²) in [5.41, 5.74) is 1.09. The number of hydrogen-bond donors (Lipinski definition) is 1. The van der Waals surface area contributed by atoms with Crippen molar-refractivity contribution in [2.24, 2.45) is 5.92 Å². The van der Waals surface area contributed by atoms with Gasteiger partial charge in [-0.15, -0.1) is 0 Å². The molecule has 0 saturated carbocycles. The predicted molar refractivity (Wildman–Crippen MR) is 54.5 cm³/mol. The smallest absolute Gasteiger partial charge is 0.381 e. The molecule has 1 unspecified atom stereocenters. The van der Waals surface area contributed by atoms with Gasteiger partial charge in [-0.2, -0.15) is 0 Å². The zero-order valence-corrected chi connectivity index (χ0v) is 8.06. The van der Waals surface area contributed by atoms with Crippen LogP contribution in [-0.4, -0.2) is 17.7 Å². The SMILES string of the molecule is O=C(O)C#CC1COc2ccccc2C1. The molecule has 0 saturated heterocycles. The number of fused-ring (bicyclic) bond motifs is 1. The lowest BCUT2D eigenvalue weighted by Crippen LogP contribution is -2.19. The molecule has 0 bridgehead atoms. The molecule has 1 aromatic carbocycles. The molecule has 2 rings (SSSR count). The number of carboxylic acids is 1. The van der Waals surface area contributed by atoms with Gasteiger partial charge in [-0.1, -0.05) is 24.1 Å². The van der Waals surface area contributed by atoms with Gasteiger partial charge in [0.15, 0.2) is 0 Å². The summed E-state index contributed by atoms with van der Waals surface area (Å²) in [6.45, 7) is 0.470. The van der Waals surface area contributed by atoms with Crippen molar-refractivity contribution >= 4 is 5.97 Å². The van der Waals surface area contributed by atoms with Crippen molar-refractivity contribution in [2.45, 2.75) is 6.42 Å². The first kappa shape index (κ1) is 9.60. The van der Waals surface area contributed by atoms with E-state index >= 15 is 0 Å². The Kier molecular flexibility index (Phi) is 2.59. The van der Waals surface area contributed by atoms with E-state index in [1.54, 1.807) is 0 Å². The van der Waals surface area contributed by atoms with Gasteiger partial charge >= 0.3 is 5.97 Å². The van der Waals surface area contributed by atoms with E-state index in [9.17, 15) is 4.79 Å². The molecule has 1 N–H and O–H groups in total. The highest BCUT2D eigenvalue weighted by molar-refractivity contribution is 5.86. The largest absolute Gasteiger partial charge is 0.492 e.